The molecule has 0 bridgehead atoms. The molecule has 0 aliphatic heterocycles. The van der Waals surface area contributed by atoms with Crippen molar-refractivity contribution in [1.82, 2.24) is 4.90 Å². The van der Waals surface area contributed by atoms with Gasteiger partial charge in [0.1, 0.15) is 5.76 Å². The summed E-state index contributed by atoms with van der Waals surface area (Å²) in [6, 6.07) is 11.8. The number of rotatable bonds is 5. The highest BCUT2D eigenvalue weighted by Crippen LogP contribution is 2.18. The van der Waals surface area contributed by atoms with E-state index >= 15 is 0 Å². The molecule has 4 heteroatoms. The quantitative estimate of drug-likeness (QED) is 0.675. The summed E-state index contributed by atoms with van der Waals surface area (Å²) in [5.41, 5.74) is 4.06. The monoisotopic (exact) mass is 325 g/mol. The van der Waals surface area contributed by atoms with Crippen molar-refractivity contribution < 1.29 is 9.21 Å². The van der Waals surface area contributed by atoms with E-state index in [4.69, 9.17) is 4.42 Å². The van der Waals surface area contributed by atoms with Crippen LogP contribution in [0.2, 0.25) is 0 Å². The molecule has 0 radical (unpaired) electrons. The van der Waals surface area contributed by atoms with Gasteiger partial charge in [-0.15, -0.1) is 0 Å². The van der Waals surface area contributed by atoms with Crippen LogP contribution in [0.4, 0.5) is 0 Å². The summed E-state index contributed by atoms with van der Waals surface area (Å²) in [4.78, 5) is 14.8. The molecule has 0 aliphatic rings. The zero-order chi connectivity index (χ0) is 16.2. The van der Waals surface area contributed by atoms with E-state index in [0.717, 1.165) is 28.0 Å². The van der Waals surface area contributed by atoms with Gasteiger partial charge in [0.05, 0.1) is 12.8 Å². The molecule has 0 fully saturated rings. The normalized spacial score (nSPS) is 10.7. The number of aryl methyl sites for hydroxylation is 2. The fourth-order valence-electron chi connectivity index (χ4n) is 2.67. The molecule has 0 spiro atoms. The first kappa shape index (κ1) is 15.6. The molecule has 3 rings (SSSR count). The van der Waals surface area contributed by atoms with E-state index in [1.165, 1.54) is 0 Å². The van der Waals surface area contributed by atoms with Gasteiger partial charge in [-0.2, -0.15) is 11.3 Å². The van der Waals surface area contributed by atoms with E-state index in [2.05, 4.69) is 17.5 Å². The molecule has 0 saturated carbocycles. The maximum absolute atomic E-state index is 13.0. The Hall–Kier alpha value is -2.33. The average Bonchev–Trinajstić information content (AvgIpc) is 3.18. The van der Waals surface area contributed by atoms with Gasteiger partial charge in [0.2, 0.25) is 0 Å². The molecule has 0 N–H and O–H groups in total. The standard InChI is InChI=1S/C19H19NO2S/c1-14-8-15(2)10-17(9-14)19(21)20(11-16-5-7-23-13-16)12-18-4-3-6-22-18/h3-10,13H,11-12H2,1-2H3. The SMILES string of the molecule is Cc1cc(C)cc(C(=O)N(Cc2ccsc2)Cc2ccco2)c1. The molecule has 0 unspecified atom stereocenters. The first-order chi connectivity index (χ1) is 11.1. The third-order valence-electron chi connectivity index (χ3n) is 3.64. The van der Waals surface area contributed by atoms with Gasteiger partial charge in [0.25, 0.3) is 5.91 Å². The Balaban J connectivity index is 1.88. The predicted octanol–water partition coefficient (Wildman–Crippen LogP) is 4.80. The first-order valence-corrected chi connectivity index (χ1v) is 8.47. The summed E-state index contributed by atoms with van der Waals surface area (Å²) in [5, 5.41) is 4.10. The summed E-state index contributed by atoms with van der Waals surface area (Å²) in [6.07, 6.45) is 1.64. The zero-order valence-electron chi connectivity index (χ0n) is 13.3. The molecule has 0 saturated heterocycles. The number of furan rings is 1. The third kappa shape index (κ3) is 3.90. The average molecular weight is 325 g/mol. The van der Waals surface area contributed by atoms with Gasteiger partial charge >= 0.3 is 0 Å². The van der Waals surface area contributed by atoms with E-state index in [1.54, 1.807) is 17.6 Å². The Morgan fingerprint density at radius 1 is 1.13 bits per heavy atom. The third-order valence-corrected chi connectivity index (χ3v) is 4.37. The molecule has 2 aromatic heterocycles. The van der Waals surface area contributed by atoms with Crippen LogP contribution in [0.15, 0.2) is 57.8 Å². The van der Waals surface area contributed by atoms with Crippen molar-refractivity contribution in [3.05, 3.63) is 81.4 Å². The van der Waals surface area contributed by atoms with Crippen LogP contribution in [0.5, 0.6) is 0 Å². The summed E-state index contributed by atoms with van der Waals surface area (Å²) in [7, 11) is 0. The largest absolute Gasteiger partial charge is 0.467 e. The lowest BCUT2D eigenvalue weighted by molar-refractivity contribution is 0.0717. The fourth-order valence-corrected chi connectivity index (χ4v) is 3.33. The lowest BCUT2D eigenvalue weighted by atomic mass is 10.1. The fraction of sp³-hybridized carbons (Fsp3) is 0.211. The molecule has 23 heavy (non-hydrogen) atoms. The minimum atomic E-state index is 0.0272. The first-order valence-electron chi connectivity index (χ1n) is 7.53. The van der Waals surface area contributed by atoms with Crippen LogP contribution in [0, 0.1) is 13.8 Å². The smallest absolute Gasteiger partial charge is 0.254 e. The summed E-state index contributed by atoms with van der Waals surface area (Å²) in [5.74, 6) is 0.817. The van der Waals surface area contributed by atoms with Crippen LogP contribution in [0.25, 0.3) is 0 Å². The molecule has 3 nitrogen and oxygen atoms in total. The van der Waals surface area contributed by atoms with E-state index in [1.807, 2.05) is 48.4 Å². The van der Waals surface area contributed by atoms with Crippen LogP contribution in [0.3, 0.4) is 0 Å². The number of carbonyl (C=O) groups is 1. The van der Waals surface area contributed by atoms with Crippen LogP contribution in [-0.2, 0) is 13.1 Å². The maximum Gasteiger partial charge on any atom is 0.254 e. The lowest BCUT2D eigenvalue weighted by Gasteiger charge is -2.22. The molecular formula is C19H19NO2S. The zero-order valence-corrected chi connectivity index (χ0v) is 14.1. The maximum atomic E-state index is 13.0. The number of amides is 1. The van der Waals surface area contributed by atoms with Crippen LogP contribution < -0.4 is 0 Å². The predicted molar refractivity (Wildman–Crippen MR) is 92.5 cm³/mol. The second kappa shape index (κ2) is 6.84. The van der Waals surface area contributed by atoms with Gasteiger partial charge in [-0.1, -0.05) is 17.2 Å². The van der Waals surface area contributed by atoms with E-state index in [-0.39, 0.29) is 5.91 Å². The second-order valence-electron chi connectivity index (χ2n) is 5.75. The van der Waals surface area contributed by atoms with Crippen molar-refractivity contribution in [1.29, 1.82) is 0 Å². The number of hydrogen-bond donors (Lipinski definition) is 0. The Morgan fingerprint density at radius 2 is 1.91 bits per heavy atom. The van der Waals surface area contributed by atoms with Crippen LogP contribution in [-0.4, -0.2) is 10.8 Å². The molecule has 2 heterocycles. The molecule has 3 aromatic rings. The number of benzene rings is 1. The highest BCUT2D eigenvalue weighted by Gasteiger charge is 2.18. The van der Waals surface area contributed by atoms with Gasteiger partial charge in [-0.25, -0.2) is 0 Å². The molecular weight excluding hydrogens is 306 g/mol. The minimum Gasteiger partial charge on any atom is -0.467 e. The molecule has 0 aliphatic carbocycles. The molecule has 0 atom stereocenters. The highest BCUT2D eigenvalue weighted by molar-refractivity contribution is 7.07. The Bertz CT molecular complexity index is 719. The Morgan fingerprint density at radius 3 is 2.52 bits per heavy atom. The topological polar surface area (TPSA) is 33.5 Å². The number of hydrogen-bond acceptors (Lipinski definition) is 3. The van der Waals surface area contributed by atoms with Gasteiger partial charge in [0.15, 0.2) is 0 Å². The second-order valence-corrected chi connectivity index (χ2v) is 6.53. The van der Waals surface area contributed by atoms with Gasteiger partial charge in [0, 0.05) is 12.1 Å². The van der Waals surface area contributed by atoms with E-state index < -0.39 is 0 Å². The molecule has 1 amide bonds. The van der Waals surface area contributed by atoms with Crippen molar-refractivity contribution in [2.24, 2.45) is 0 Å². The van der Waals surface area contributed by atoms with Crippen molar-refractivity contribution in [3.8, 4) is 0 Å². The van der Waals surface area contributed by atoms with Gasteiger partial charge in [-0.05, 0) is 60.5 Å². The number of nitrogens with zero attached hydrogens (tertiary/aromatic N) is 1. The van der Waals surface area contributed by atoms with Gasteiger partial charge < -0.3 is 9.32 Å². The van der Waals surface area contributed by atoms with Crippen LogP contribution in [0.1, 0.15) is 32.8 Å². The van der Waals surface area contributed by atoms with Gasteiger partial charge in [-0.3, -0.25) is 4.79 Å². The van der Waals surface area contributed by atoms with Crippen molar-refractivity contribution in [2.45, 2.75) is 26.9 Å². The van der Waals surface area contributed by atoms with Crippen molar-refractivity contribution in [3.63, 3.8) is 0 Å². The van der Waals surface area contributed by atoms with Crippen molar-refractivity contribution >= 4 is 17.2 Å². The van der Waals surface area contributed by atoms with E-state index in [0.29, 0.717) is 13.1 Å². The summed E-state index contributed by atoms with van der Waals surface area (Å²) < 4.78 is 5.43. The molecule has 1 aromatic carbocycles. The lowest BCUT2D eigenvalue weighted by Crippen LogP contribution is -2.30. The number of thiophene rings is 1. The summed E-state index contributed by atoms with van der Waals surface area (Å²) in [6.45, 7) is 5.07. The highest BCUT2D eigenvalue weighted by atomic mass is 32.1. The van der Waals surface area contributed by atoms with Crippen LogP contribution >= 0.6 is 11.3 Å². The van der Waals surface area contributed by atoms with E-state index in [9.17, 15) is 4.79 Å². The Kier molecular flexibility index (Phi) is 4.63. The Labute approximate surface area is 140 Å². The minimum absolute atomic E-state index is 0.0272. The van der Waals surface area contributed by atoms with Crippen molar-refractivity contribution in [2.75, 3.05) is 0 Å². The summed E-state index contributed by atoms with van der Waals surface area (Å²) >= 11 is 1.64. The molecule has 118 valence electrons. The number of carbonyl (C=O) groups excluding carboxylic acids is 1.